The molecule has 0 spiro atoms. The van der Waals surface area contributed by atoms with Gasteiger partial charge in [-0.3, -0.25) is 33.7 Å². The molecule has 2 aromatic rings. The van der Waals surface area contributed by atoms with E-state index in [-0.39, 0.29) is 35.7 Å². The Kier molecular flexibility index (Phi) is 9.63. The Labute approximate surface area is 224 Å². The lowest BCUT2D eigenvalue weighted by molar-refractivity contribution is -0.145. The van der Waals surface area contributed by atoms with E-state index in [1.165, 1.54) is 17.9 Å². The molecule has 2 aromatic carbocycles. The largest absolute Gasteiger partial charge is 0.456 e. The fraction of sp³-hybridized carbons (Fsp3) is 0.296. The third-order valence-corrected chi connectivity index (χ3v) is 5.75. The summed E-state index contributed by atoms with van der Waals surface area (Å²) < 4.78 is 4.86. The van der Waals surface area contributed by atoms with E-state index < -0.39 is 54.8 Å². The molecule has 0 saturated carbocycles. The highest BCUT2D eigenvalue weighted by molar-refractivity contribution is 6.11. The second kappa shape index (κ2) is 13.1. The number of carbonyl (C=O) groups is 7. The standard InChI is InChI=1S/C27H28N4O8/c1-17(33)12-20(15-32)28-24(35)14-31-23-11-7-6-10-22(23)30(25(36)16-39-18(2)34)13-21(27(31)38)29-26(37)19-8-4-3-5-9-19/h3-11,15,20-21H,12-14,16H2,1-2H3,(H,28,35)(H,29,37). The molecule has 3 rings (SSSR count). The molecule has 2 atom stereocenters. The second-order valence-electron chi connectivity index (χ2n) is 8.81. The Morgan fingerprint density at radius 3 is 2.26 bits per heavy atom. The van der Waals surface area contributed by atoms with E-state index in [1.54, 1.807) is 48.5 Å². The third kappa shape index (κ3) is 7.57. The summed E-state index contributed by atoms with van der Waals surface area (Å²) in [7, 11) is 0. The predicted octanol–water partition coefficient (Wildman–Crippen LogP) is 0.391. The number of fused-ring (bicyclic) bond motifs is 1. The molecule has 12 nitrogen and oxygen atoms in total. The van der Waals surface area contributed by atoms with Crippen molar-refractivity contribution < 1.29 is 38.3 Å². The number of para-hydroxylation sites is 2. The first-order valence-electron chi connectivity index (χ1n) is 12.0. The lowest BCUT2D eigenvalue weighted by Crippen LogP contribution is -2.55. The number of nitrogens with zero attached hydrogens (tertiary/aromatic N) is 2. The summed E-state index contributed by atoms with van der Waals surface area (Å²) in [4.78, 5) is 89.1. The molecule has 0 fully saturated rings. The molecule has 1 heterocycles. The molecular formula is C27H28N4O8. The normalized spacial score (nSPS) is 15.3. The van der Waals surface area contributed by atoms with Gasteiger partial charge in [-0.05, 0) is 31.2 Å². The molecule has 2 unspecified atom stereocenters. The van der Waals surface area contributed by atoms with Crippen LogP contribution in [0, 0.1) is 0 Å². The summed E-state index contributed by atoms with van der Waals surface area (Å²) in [6, 6.07) is 12.0. The number of aldehydes is 1. The number of anilines is 2. The van der Waals surface area contributed by atoms with Gasteiger partial charge < -0.3 is 25.1 Å². The molecule has 12 heteroatoms. The molecule has 1 aliphatic rings. The minimum atomic E-state index is -1.29. The average Bonchev–Trinajstić information content (AvgIpc) is 3.02. The van der Waals surface area contributed by atoms with Crippen LogP contribution in [-0.4, -0.2) is 73.4 Å². The summed E-state index contributed by atoms with van der Waals surface area (Å²) in [5.74, 6) is -3.65. The first-order valence-corrected chi connectivity index (χ1v) is 12.0. The van der Waals surface area contributed by atoms with Crippen molar-refractivity contribution in [1.29, 1.82) is 0 Å². The Morgan fingerprint density at radius 1 is 1.00 bits per heavy atom. The fourth-order valence-electron chi connectivity index (χ4n) is 4.00. The van der Waals surface area contributed by atoms with Gasteiger partial charge in [-0.25, -0.2) is 0 Å². The number of Topliss-reactive ketones (excluding diaryl/α,β-unsaturated/α-hetero) is 1. The molecular weight excluding hydrogens is 508 g/mol. The first kappa shape index (κ1) is 28.7. The molecule has 39 heavy (non-hydrogen) atoms. The summed E-state index contributed by atoms with van der Waals surface area (Å²) in [6.45, 7) is 0.938. The summed E-state index contributed by atoms with van der Waals surface area (Å²) in [5, 5.41) is 5.04. The van der Waals surface area contributed by atoms with Gasteiger partial charge in [-0.1, -0.05) is 30.3 Å². The van der Waals surface area contributed by atoms with Crippen LogP contribution >= 0.6 is 0 Å². The van der Waals surface area contributed by atoms with Crippen LogP contribution in [0.25, 0.3) is 0 Å². The maximum atomic E-state index is 13.8. The van der Waals surface area contributed by atoms with Crippen molar-refractivity contribution in [1.82, 2.24) is 10.6 Å². The highest BCUT2D eigenvalue weighted by Gasteiger charge is 2.38. The van der Waals surface area contributed by atoms with Crippen LogP contribution in [0.1, 0.15) is 30.6 Å². The predicted molar refractivity (Wildman–Crippen MR) is 139 cm³/mol. The Morgan fingerprint density at radius 2 is 1.64 bits per heavy atom. The van der Waals surface area contributed by atoms with Gasteiger partial charge in [0.25, 0.3) is 17.7 Å². The van der Waals surface area contributed by atoms with E-state index in [0.29, 0.717) is 6.29 Å². The molecule has 1 aliphatic heterocycles. The van der Waals surface area contributed by atoms with Gasteiger partial charge in [0.2, 0.25) is 5.91 Å². The van der Waals surface area contributed by atoms with Gasteiger partial charge in [-0.15, -0.1) is 0 Å². The fourth-order valence-corrected chi connectivity index (χ4v) is 4.00. The topological polar surface area (TPSA) is 159 Å². The number of benzene rings is 2. The number of ether oxygens (including phenoxy) is 1. The van der Waals surface area contributed by atoms with Crippen LogP contribution in [0.4, 0.5) is 11.4 Å². The van der Waals surface area contributed by atoms with Gasteiger partial charge in [0, 0.05) is 18.9 Å². The number of nitrogens with one attached hydrogen (secondary N) is 2. The third-order valence-electron chi connectivity index (χ3n) is 5.75. The molecule has 0 aliphatic carbocycles. The maximum Gasteiger partial charge on any atom is 0.303 e. The van der Waals surface area contributed by atoms with E-state index in [4.69, 9.17) is 4.74 Å². The Bertz CT molecular complexity index is 1280. The molecule has 0 bridgehead atoms. The van der Waals surface area contributed by atoms with Crippen LogP contribution in [-0.2, 0) is 33.5 Å². The lowest BCUT2D eigenvalue weighted by atomic mass is 10.1. The van der Waals surface area contributed by atoms with E-state index in [0.717, 1.165) is 11.8 Å². The molecule has 0 radical (unpaired) electrons. The quantitative estimate of drug-likeness (QED) is 0.326. The van der Waals surface area contributed by atoms with Crippen molar-refractivity contribution >= 4 is 53.0 Å². The van der Waals surface area contributed by atoms with Crippen LogP contribution in [0.3, 0.4) is 0 Å². The SMILES string of the molecule is CC(=O)CC(C=O)NC(=O)CN1C(=O)C(NC(=O)c2ccccc2)CN(C(=O)COC(C)=O)c2ccccc21. The maximum absolute atomic E-state index is 13.8. The number of hydrogen-bond donors (Lipinski definition) is 2. The monoisotopic (exact) mass is 536 g/mol. The number of carbonyl (C=O) groups excluding carboxylic acids is 7. The van der Waals surface area contributed by atoms with Crippen LogP contribution < -0.4 is 20.4 Å². The van der Waals surface area contributed by atoms with E-state index >= 15 is 0 Å². The zero-order chi connectivity index (χ0) is 28.5. The van der Waals surface area contributed by atoms with Crippen molar-refractivity contribution in [3.8, 4) is 0 Å². The van der Waals surface area contributed by atoms with E-state index in [2.05, 4.69) is 10.6 Å². The molecule has 204 valence electrons. The van der Waals surface area contributed by atoms with E-state index in [1.807, 2.05) is 0 Å². The van der Waals surface area contributed by atoms with E-state index in [9.17, 15) is 33.6 Å². The molecule has 0 saturated heterocycles. The van der Waals surface area contributed by atoms with Gasteiger partial charge in [0.1, 0.15) is 24.7 Å². The van der Waals surface area contributed by atoms with Crippen LogP contribution in [0.15, 0.2) is 54.6 Å². The minimum Gasteiger partial charge on any atom is -0.456 e. The summed E-state index contributed by atoms with van der Waals surface area (Å²) >= 11 is 0. The Balaban J connectivity index is 1.98. The first-order chi connectivity index (χ1) is 18.6. The zero-order valence-electron chi connectivity index (χ0n) is 21.4. The Hall–Kier alpha value is -4.87. The molecule has 4 amide bonds. The van der Waals surface area contributed by atoms with Gasteiger partial charge in [0.15, 0.2) is 6.61 Å². The van der Waals surface area contributed by atoms with Crippen LogP contribution in [0.5, 0.6) is 0 Å². The van der Waals surface area contributed by atoms with Crippen LogP contribution in [0.2, 0.25) is 0 Å². The smallest absolute Gasteiger partial charge is 0.303 e. The number of esters is 1. The van der Waals surface area contributed by atoms with Crippen molar-refractivity contribution in [3.63, 3.8) is 0 Å². The van der Waals surface area contributed by atoms with Crippen molar-refractivity contribution in [3.05, 3.63) is 60.2 Å². The minimum absolute atomic E-state index is 0.180. The zero-order valence-corrected chi connectivity index (χ0v) is 21.4. The molecule has 2 N–H and O–H groups in total. The van der Waals surface area contributed by atoms with Gasteiger partial charge in [0.05, 0.1) is 24.0 Å². The lowest BCUT2D eigenvalue weighted by Gasteiger charge is -2.25. The summed E-state index contributed by atoms with van der Waals surface area (Å²) in [5.41, 5.74) is 0.689. The van der Waals surface area contributed by atoms with Crippen molar-refractivity contribution in [2.24, 2.45) is 0 Å². The average molecular weight is 537 g/mol. The van der Waals surface area contributed by atoms with Crippen molar-refractivity contribution in [2.75, 3.05) is 29.5 Å². The highest BCUT2D eigenvalue weighted by atomic mass is 16.5. The van der Waals surface area contributed by atoms with Crippen molar-refractivity contribution in [2.45, 2.75) is 32.4 Å². The number of rotatable bonds is 10. The second-order valence-corrected chi connectivity index (χ2v) is 8.81. The summed E-state index contributed by atoms with van der Waals surface area (Å²) in [6.07, 6.45) is 0.212. The number of hydrogen-bond acceptors (Lipinski definition) is 8. The number of ketones is 1. The van der Waals surface area contributed by atoms with Gasteiger partial charge >= 0.3 is 5.97 Å². The highest BCUT2D eigenvalue weighted by Crippen LogP contribution is 2.33. The number of amides is 4. The van der Waals surface area contributed by atoms with Gasteiger partial charge in [-0.2, -0.15) is 0 Å². The molecule has 0 aromatic heterocycles.